The van der Waals surface area contributed by atoms with Gasteiger partial charge in [-0.3, -0.25) is 4.79 Å². The number of nitrogens with one attached hydrogen (secondary N) is 1. The van der Waals surface area contributed by atoms with Gasteiger partial charge < -0.3 is 10.2 Å². The molecule has 1 rings (SSSR count). The maximum atomic E-state index is 11.8. The molecule has 0 aromatic heterocycles. The monoisotopic (exact) mass is 212 g/mol. The predicted octanol–water partition coefficient (Wildman–Crippen LogP) is 1.55. The van der Waals surface area contributed by atoms with Crippen LogP contribution in [0.1, 0.15) is 40.5 Å². The highest BCUT2D eigenvalue weighted by Crippen LogP contribution is 2.25. The molecule has 1 N–H and O–H groups in total. The molecule has 1 heterocycles. The van der Waals surface area contributed by atoms with Crippen LogP contribution in [0.3, 0.4) is 0 Å². The van der Waals surface area contributed by atoms with Crippen molar-refractivity contribution in [2.75, 3.05) is 6.54 Å². The number of hydrogen-bond acceptors (Lipinski definition) is 2. The highest BCUT2D eigenvalue weighted by Gasteiger charge is 2.36. The van der Waals surface area contributed by atoms with Crippen LogP contribution in [-0.4, -0.2) is 34.8 Å². The van der Waals surface area contributed by atoms with E-state index in [4.69, 9.17) is 0 Å². The van der Waals surface area contributed by atoms with Gasteiger partial charge in [-0.25, -0.2) is 4.79 Å². The van der Waals surface area contributed by atoms with Gasteiger partial charge in [0.1, 0.15) is 0 Å². The minimum absolute atomic E-state index is 0.102. The second-order valence-electron chi connectivity index (χ2n) is 5.04. The van der Waals surface area contributed by atoms with Gasteiger partial charge in [0.15, 0.2) is 5.78 Å². The Morgan fingerprint density at radius 1 is 1.47 bits per heavy atom. The fraction of sp³-hybridized carbons (Fsp3) is 0.818. The standard InChI is InChI=1S/C11H20N2O2/c1-8(2)12-10(15)13-7-9(14)5-6-11(13,3)4/h8H,5-7H2,1-4H3,(H,12,15). The zero-order valence-corrected chi connectivity index (χ0v) is 9.96. The van der Waals surface area contributed by atoms with Crippen molar-refractivity contribution in [1.82, 2.24) is 10.2 Å². The molecule has 4 heteroatoms. The minimum Gasteiger partial charge on any atom is -0.336 e. The van der Waals surface area contributed by atoms with Crippen LogP contribution in [0.5, 0.6) is 0 Å². The molecule has 0 spiro atoms. The summed E-state index contributed by atoms with van der Waals surface area (Å²) < 4.78 is 0. The molecule has 4 nitrogen and oxygen atoms in total. The molecule has 15 heavy (non-hydrogen) atoms. The largest absolute Gasteiger partial charge is 0.336 e. The topological polar surface area (TPSA) is 49.4 Å². The SMILES string of the molecule is CC(C)NC(=O)N1CC(=O)CCC1(C)C. The lowest BCUT2D eigenvalue weighted by Gasteiger charge is -2.41. The summed E-state index contributed by atoms with van der Waals surface area (Å²) in [5.41, 5.74) is -0.215. The van der Waals surface area contributed by atoms with E-state index >= 15 is 0 Å². The van der Waals surface area contributed by atoms with Gasteiger partial charge in [0.05, 0.1) is 6.54 Å². The van der Waals surface area contributed by atoms with Crippen molar-refractivity contribution in [3.05, 3.63) is 0 Å². The van der Waals surface area contributed by atoms with E-state index in [0.717, 1.165) is 6.42 Å². The predicted molar refractivity (Wildman–Crippen MR) is 58.7 cm³/mol. The number of nitrogens with zero attached hydrogens (tertiary/aromatic N) is 1. The molecule has 1 saturated heterocycles. The van der Waals surface area contributed by atoms with Crippen molar-refractivity contribution >= 4 is 11.8 Å². The summed E-state index contributed by atoms with van der Waals surface area (Å²) in [7, 11) is 0. The molecule has 0 atom stereocenters. The molecule has 0 bridgehead atoms. The summed E-state index contributed by atoms with van der Waals surface area (Å²) in [5.74, 6) is 0.147. The molecular weight excluding hydrogens is 192 g/mol. The maximum absolute atomic E-state index is 11.8. The van der Waals surface area contributed by atoms with Crippen molar-refractivity contribution in [3.63, 3.8) is 0 Å². The number of ketones is 1. The van der Waals surface area contributed by atoms with Crippen LogP contribution in [0.2, 0.25) is 0 Å². The first-order valence-corrected chi connectivity index (χ1v) is 5.43. The average molecular weight is 212 g/mol. The number of Topliss-reactive ketones (excluding diaryl/α,β-unsaturated/α-hetero) is 1. The quantitative estimate of drug-likeness (QED) is 0.717. The molecule has 1 fully saturated rings. The van der Waals surface area contributed by atoms with Gasteiger partial charge in [-0.15, -0.1) is 0 Å². The Morgan fingerprint density at radius 2 is 2.07 bits per heavy atom. The maximum Gasteiger partial charge on any atom is 0.318 e. The van der Waals surface area contributed by atoms with E-state index < -0.39 is 0 Å². The third-order valence-electron chi connectivity index (χ3n) is 2.74. The number of piperidine rings is 1. The number of amides is 2. The van der Waals surface area contributed by atoms with Crippen LogP contribution in [0, 0.1) is 0 Å². The van der Waals surface area contributed by atoms with E-state index in [-0.39, 0.29) is 29.9 Å². The molecule has 86 valence electrons. The zero-order chi connectivity index (χ0) is 11.6. The molecule has 0 unspecified atom stereocenters. The minimum atomic E-state index is -0.215. The van der Waals surface area contributed by atoms with E-state index in [9.17, 15) is 9.59 Å². The average Bonchev–Trinajstić information content (AvgIpc) is 2.08. The summed E-state index contributed by atoms with van der Waals surface area (Å²) in [6.07, 6.45) is 1.33. The van der Waals surface area contributed by atoms with Crippen LogP contribution in [0.4, 0.5) is 4.79 Å². The van der Waals surface area contributed by atoms with Crippen LogP contribution in [0.25, 0.3) is 0 Å². The Morgan fingerprint density at radius 3 is 2.60 bits per heavy atom. The Balaban J connectivity index is 2.71. The van der Waals surface area contributed by atoms with Gasteiger partial charge >= 0.3 is 6.03 Å². The van der Waals surface area contributed by atoms with E-state index in [1.54, 1.807) is 4.90 Å². The van der Waals surface area contributed by atoms with Gasteiger partial charge in [-0.2, -0.15) is 0 Å². The van der Waals surface area contributed by atoms with Gasteiger partial charge in [-0.1, -0.05) is 0 Å². The number of urea groups is 1. The van der Waals surface area contributed by atoms with E-state index in [1.807, 2.05) is 27.7 Å². The van der Waals surface area contributed by atoms with Gasteiger partial charge in [-0.05, 0) is 34.1 Å². The van der Waals surface area contributed by atoms with Crippen molar-refractivity contribution in [1.29, 1.82) is 0 Å². The normalized spacial score (nSPS) is 20.6. The Kier molecular flexibility index (Phi) is 3.37. The van der Waals surface area contributed by atoms with Crippen molar-refractivity contribution in [3.8, 4) is 0 Å². The number of hydrogen-bond donors (Lipinski definition) is 1. The highest BCUT2D eigenvalue weighted by molar-refractivity contribution is 5.87. The lowest BCUT2D eigenvalue weighted by atomic mass is 9.90. The first-order chi connectivity index (χ1) is 6.83. The first-order valence-electron chi connectivity index (χ1n) is 5.43. The summed E-state index contributed by atoms with van der Waals surface area (Å²) in [6.45, 7) is 8.07. The molecule has 0 saturated carbocycles. The smallest absolute Gasteiger partial charge is 0.318 e. The molecule has 0 aromatic rings. The van der Waals surface area contributed by atoms with Crippen molar-refractivity contribution < 1.29 is 9.59 Å². The Bertz CT molecular complexity index is 272. The molecule has 1 aliphatic rings. The molecule has 0 aromatic carbocycles. The third kappa shape index (κ3) is 2.94. The highest BCUT2D eigenvalue weighted by atomic mass is 16.2. The van der Waals surface area contributed by atoms with Crippen molar-refractivity contribution in [2.45, 2.75) is 52.1 Å². The van der Waals surface area contributed by atoms with Crippen LogP contribution in [-0.2, 0) is 4.79 Å². The zero-order valence-electron chi connectivity index (χ0n) is 9.96. The second kappa shape index (κ2) is 4.21. The number of carbonyl (C=O) groups excluding carboxylic acids is 2. The fourth-order valence-electron chi connectivity index (χ4n) is 1.72. The van der Waals surface area contributed by atoms with Crippen LogP contribution < -0.4 is 5.32 Å². The number of likely N-dealkylation sites (tertiary alicyclic amines) is 1. The number of carbonyl (C=O) groups is 2. The first kappa shape index (κ1) is 12.0. The molecule has 0 aliphatic carbocycles. The second-order valence-corrected chi connectivity index (χ2v) is 5.04. The summed E-state index contributed by atoms with van der Waals surface area (Å²) >= 11 is 0. The van der Waals surface area contributed by atoms with E-state index in [1.165, 1.54) is 0 Å². The summed E-state index contributed by atoms with van der Waals surface area (Å²) in [6, 6.07) is -0.0339. The fourth-order valence-corrected chi connectivity index (χ4v) is 1.72. The molecule has 0 radical (unpaired) electrons. The third-order valence-corrected chi connectivity index (χ3v) is 2.74. The van der Waals surface area contributed by atoms with E-state index in [0.29, 0.717) is 6.42 Å². The summed E-state index contributed by atoms with van der Waals surface area (Å²) in [4.78, 5) is 24.8. The molecule has 1 aliphatic heterocycles. The Labute approximate surface area is 91.0 Å². The lowest BCUT2D eigenvalue weighted by molar-refractivity contribution is -0.124. The van der Waals surface area contributed by atoms with Gasteiger partial charge in [0.25, 0.3) is 0 Å². The van der Waals surface area contributed by atoms with Crippen LogP contribution >= 0.6 is 0 Å². The van der Waals surface area contributed by atoms with Crippen molar-refractivity contribution in [2.24, 2.45) is 0 Å². The van der Waals surface area contributed by atoms with Gasteiger partial charge in [0.2, 0.25) is 0 Å². The van der Waals surface area contributed by atoms with Gasteiger partial charge in [0, 0.05) is 18.0 Å². The Hall–Kier alpha value is -1.06. The molecular formula is C11H20N2O2. The number of rotatable bonds is 1. The summed E-state index contributed by atoms with van der Waals surface area (Å²) in [5, 5.41) is 2.82. The molecule has 2 amide bonds. The van der Waals surface area contributed by atoms with Crippen LogP contribution in [0.15, 0.2) is 0 Å². The van der Waals surface area contributed by atoms with E-state index in [2.05, 4.69) is 5.32 Å². The lowest BCUT2D eigenvalue weighted by Crippen LogP contribution is -2.57.